The van der Waals surface area contributed by atoms with E-state index in [1.54, 1.807) is 12.3 Å². The highest BCUT2D eigenvalue weighted by Crippen LogP contribution is 2.28. The topological polar surface area (TPSA) is 39.9 Å². The van der Waals surface area contributed by atoms with E-state index in [-0.39, 0.29) is 0 Å². The lowest BCUT2D eigenvalue weighted by Crippen LogP contribution is -2.34. The van der Waals surface area contributed by atoms with Crippen LogP contribution in [0.25, 0.3) is 0 Å². The quantitative estimate of drug-likeness (QED) is 0.784. The van der Waals surface area contributed by atoms with Gasteiger partial charge in [0.1, 0.15) is 11.9 Å². The van der Waals surface area contributed by atoms with Crippen LogP contribution < -0.4 is 4.90 Å². The molecule has 1 unspecified atom stereocenters. The number of hydrogen-bond acceptors (Lipinski definition) is 4. The second-order valence-corrected chi connectivity index (χ2v) is 5.72. The largest absolute Gasteiger partial charge is 0.352 e. The molecule has 0 aliphatic carbocycles. The van der Waals surface area contributed by atoms with Gasteiger partial charge in [-0.15, -0.1) is 0 Å². The molecule has 1 fully saturated rings. The highest BCUT2D eigenvalue weighted by atomic mass is 35.5. The van der Waals surface area contributed by atoms with E-state index >= 15 is 0 Å². The van der Waals surface area contributed by atoms with E-state index in [1.807, 2.05) is 11.8 Å². The molecule has 0 radical (unpaired) electrons. The average molecular weight is 268 g/mol. The molecule has 17 heavy (non-hydrogen) atoms. The van der Waals surface area contributed by atoms with Crippen LogP contribution in [-0.4, -0.2) is 29.1 Å². The molecule has 1 aliphatic rings. The van der Waals surface area contributed by atoms with E-state index in [0.29, 0.717) is 16.6 Å². The number of aromatic nitrogens is 1. The molecule has 2 rings (SSSR count). The van der Waals surface area contributed by atoms with E-state index in [0.717, 1.165) is 24.5 Å². The summed E-state index contributed by atoms with van der Waals surface area (Å²) in [5.74, 6) is 3.09. The normalized spacial score (nSPS) is 20.8. The lowest BCUT2D eigenvalue weighted by Gasteiger charge is -2.28. The van der Waals surface area contributed by atoms with Gasteiger partial charge in [-0.3, -0.25) is 0 Å². The third kappa shape index (κ3) is 2.85. The van der Waals surface area contributed by atoms with Gasteiger partial charge in [0.15, 0.2) is 0 Å². The van der Waals surface area contributed by atoms with Crippen molar-refractivity contribution in [1.29, 1.82) is 5.26 Å². The molecular weight excluding hydrogens is 254 g/mol. The minimum atomic E-state index is 0.447. The Kier molecular flexibility index (Phi) is 4.14. The fourth-order valence-electron chi connectivity index (χ4n) is 1.91. The molecule has 1 saturated heterocycles. The summed E-state index contributed by atoms with van der Waals surface area (Å²) in [5.41, 5.74) is 0.510. The number of anilines is 1. The van der Waals surface area contributed by atoms with Gasteiger partial charge in [0.05, 0.1) is 10.6 Å². The van der Waals surface area contributed by atoms with Crippen LogP contribution in [0.1, 0.15) is 18.9 Å². The van der Waals surface area contributed by atoms with Crippen LogP contribution >= 0.6 is 23.4 Å². The lowest BCUT2D eigenvalue weighted by molar-refractivity contribution is 0.638. The maximum Gasteiger partial charge on any atom is 0.147 e. The smallest absolute Gasteiger partial charge is 0.147 e. The first-order chi connectivity index (χ1) is 8.22. The zero-order valence-electron chi connectivity index (χ0n) is 9.69. The van der Waals surface area contributed by atoms with E-state index in [2.05, 4.69) is 22.9 Å². The molecule has 3 nitrogen and oxygen atoms in total. The van der Waals surface area contributed by atoms with Crippen molar-refractivity contribution in [2.45, 2.75) is 19.4 Å². The summed E-state index contributed by atoms with van der Waals surface area (Å²) in [4.78, 5) is 6.57. The van der Waals surface area contributed by atoms with Gasteiger partial charge >= 0.3 is 0 Å². The second-order valence-electron chi connectivity index (χ2n) is 4.08. The first-order valence-electron chi connectivity index (χ1n) is 5.62. The third-order valence-corrected chi connectivity index (χ3v) is 4.19. The minimum absolute atomic E-state index is 0.447. The van der Waals surface area contributed by atoms with Crippen LogP contribution in [0.2, 0.25) is 5.02 Å². The predicted molar refractivity (Wildman–Crippen MR) is 72.7 cm³/mol. The van der Waals surface area contributed by atoms with E-state index in [9.17, 15) is 0 Å². The molecule has 0 spiro atoms. The van der Waals surface area contributed by atoms with E-state index in [1.165, 1.54) is 5.75 Å². The Balaban J connectivity index is 2.29. The van der Waals surface area contributed by atoms with Crippen molar-refractivity contribution < 1.29 is 0 Å². The molecule has 1 atom stereocenters. The summed E-state index contributed by atoms with van der Waals surface area (Å²) < 4.78 is 0. The number of nitrogens with zero attached hydrogens (tertiary/aromatic N) is 3. The van der Waals surface area contributed by atoms with Gasteiger partial charge in [0.25, 0.3) is 0 Å². The number of thioether (sulfide) groups is 1. The van der Waals surface area contributed by atoms with E-state index < -0.39 is 0 Å². The van der Waals surface area contributed by atoms with E-state index in [4.69, 9.17) is 16.9 Å². The van der Waals surface area contributed by atoms with Gasteiger partial charge in [-0.2, -0.15) is 17.0 Å². The molecule has 2 heterocycles. The Bertz CT molecular complexity index is 444. The van der Waals surface area contributed by atoms with Gasteiger partial charge < -0.3 is 4.90 Å². The molecular formula is C12H14ClN3S. The molecule has 5 heteroatoms. The summed E-state index contributed by atoms with van der Waals surface area (Å²) in [6.07, 6.45) is 2.73. The van der Waals surface area contributed by atoms with Crippen molar-refractivity contribution in [3.8, 4) is 6.07 Å². The highest BCUT2D eigenvalue weighted by Gasteiger charge is 2.20. The standard InChI is InChI=1S/C12H14ClN3S/c1-9-2-4-17-5-3-16(9)12-11(13)6-10(7-14)8-15-12/h6,8-9H,2-5H2,1H3. The molecule has 0 aromatic carbocycles. The summed E-state index contributed by atoms with van der Waals surface area (Å²) in [5, 5.41) is 9.37. The van der Waals surface area contributed by atoms with Crippen LogP contribution in [-0.2, 0) is 0 Å². The Hall–Kier alpha value is -0.920. The number of hydrogen-bond donors (Lipinski definition) is 0. The molecule has 1 aromatic heterocycles. The second kappa shape index (κ2) is 5.61. The lowest BCUT2D eigenvalue weighted by atomic mass is 10.2. The van der Waals surface area contributed by atoms with Crippen LogP contribution in [0.15, 0.2) is 12.3 Å². The molecule has 1 aliphatic heterocycles. The third-order valence-electron chi connectivity index (χ3n) is 2.91. The first-order valence-corrected chi connectivity index (χ1v) is 7.15. The molecule has 0 bridgehead atoms. The fourth-order valence-corrected chi connectivity index (χ4v) is 3.23. The van der Waals surface area contributed by atoms with Crippen molar-refractivity contribution in [3.63, 3.8) is 0 Å². The number of halogens is 1. The maximum atomic E-state index is 8.79. The molecule has 1 aromatic rings. The van der Waals surface area contributed by atoms with Crippen LogP contribution in [0, 0.1) is 11.3 Å². The summed E-state index contributed by atoms with van der Waals surface area (Å²) in [6, 6.07) is 4.19. The van der Waals surface area contributed by atoms with Crippen LogP contribution in [0.5, 0.6) is 0 Å². The summed E-state index contributed by atoms with van der Waals surface area (Å²) >= 11 is 8.16. The zero-order chi connectivity index (χ0) is 12.3. The van der Waals surface area contributed by atoms with Gasteiger partial charge in [0, 0.05) is 24.5 Å². The van der Waals surface area contributed by atoms with Crippen molar-refractivity contribution in [3.05, 3.63) is 22.8 Å². The minimum Gasteiger partial charge on any atom is -0.352 e. The van der Waals surface area contributed by atoms with Gasteiger partial charge in [-0.1, -0.05) is 11.6 Å². The number of pyridine rings is 1. The zero-order valence-corrected chi connectivity index (χ0v) is 11.3. The van der Waals surface area contributed by atoms with Crippen molar-refractivity contribution >= 4 is 29.2 Å². The monoisotopic (exact) mass is 267 g/mol. The summed E-state index contributed by atoms with van der Waals surface area (Å²) in [7, 11) is 0. The van der Waals surface area contributed by atoms with Crippen LogP contribution in [0.3, 0.4) is 0 Å². The Morgan fingerprint density at radius 3 is 3.12 bits per heavy atom. The molecule has 90 valence electrons. The number of nitriles is 1. The fraction of sp³-hybridized carbons (Fsp3) is 0.500. The Morgan fingerprint density at radius 1 is 1.59 bits per heavy atom. The van der Waals surface area contributed by atoms with Crippen LogP contribution in [0.4, 0.5) is 5.82 Å². The van der Waals surface area contributed by atoms with Gasteiger partial charge in [-0.05, 0) is 25.2 Å². The molecule has 0 saturated carbocycles. The highest BCUT2D eigenvalue weighted by molar-refractivity contribution is 7.99. The maximum absolute atomic E-state index is 8.79. The number of rotatable bonds is 1. The molecule has 0 amide bonds. The summed E-state index contributed by atoms with van der Waals surface area (Å²) in [6.45, 7) is 3.16. The van der Waals surface area contributed by atoms with Gasteiger partial charge in [0.2, 0.25) is 0 Å². The van der Waals surface area contributed by atoms with Crippen molar-refractivity contribution in [2.75, 3.05) is 23.0 Å². The SMILES string of the molecule is CC1CCSCCN1c1ncc(C#N)cc1Cl. The first kappa shape index (κ1) is 12.5. The van der Waals surface area contributed by atoms with Gasteiger partial charge in [-0.25, -0.2) is 4.98 Å². The predicted octanol–water partition coefficient (Wildman–Crippen LogP) is 2.94. The van der Waals surface area contributed by atoms with Crippen molar-refractivity contribution in [2.24, 2.45) is 0 Å². The Labute approximate surface area is 111 Å². The average Bonchev–Trinajstić information content (AvgIpc) is 2.54. The van der Waals surface area contributed by atoms with Crippen molar-refractivity contribution in [1.82, 2.24) is 4.98 Å². The Morgan fingerprint density at radius 2 is 2.41 bits per heavy atom. The molecule has 0 N–H and O–H groups in total.